The van der Waals surface area contributed by atoms with Crippen molar-refractivity contribution >= 4 is 5.82 Å². The fraction of sp³-hybridized carbons (Fsp3) is 0.250. The van der Waals surface area contributed by atoms with Gasteiger partial charge in [-0.3, -0.25) is 9.89 Å². The molecule has 1 aromatic rings. The first-order valence-electron chi connectivity index (χ1n) is 2.54. The SMILES string of the molecule is Cn1[nH]c(=O)c(N)nc1=O. The Balaban J connectivity index is 3.59. The predicted molar refractivity (Wildman–Crippen MR) is 34.5 cm³/mol. The number of nitrogen functional groups attached to an aromatic ring is 1. The molecule has 0 amide bonds. The second-order valence-corrected chi connectivity index (χ2v) is 1.78. The zero-order valence-corrected chi connectivity index (χ0v) is 5.29. The minimum Gasteiger partial charge on any atom is -0.379 e. The molecule has 0 spiro atoms. The number of nitrogens with two attached hydrogens (primary N) is 1. The number of aromatic nitrogens is 3. The monoisotopic (exact) mass is 142 g/mol. The molecule has 0 aliphatic heterocycles. The minimum absolute atomic E-state index is 0.303. The van der Waals surface area contributed by atoms with E-state index in [1.54, 1.807) is 0 Å². The van der Waals surface area contributed by atoms with Crippen molar-refractivity contribution in [2.24, 2.45) is 7.05 Å². The highest BCUT2D eigenvalue weighted by molar-refractivity contribution is 5.19. The summed E-state index contributed by atoms with van der Waals surface area (Å²) in [6.45, 7) is 0. The van der Waals surface area contributed by atoms with Crippen LogP contribution in [0, 0.1) is 0 Å². The van der Waals surface area contributed by atoms with Crippen molar-refractivity contribution in [3.05, 3.63) is 20.8 Å². The van der Waals surface area contributed by atoms with E-state index < -0.39 is 11.2 Å². The maximum atomic E-state index is 10.6. The molecular formula is C4H6N4O2. The molecule has 1 rings (SSSR count). The molecule has 54 valence electrons. The molecule has 0 unspecified atom stereocenters. The second-order valence-electron chi connectivity index (χ2n) is 1.78. The Morgan fingerprint density at radius 1 is 1.60 bits per heavy atom. The average Bonchev–Trinajstić information content (AvgIpc) is 1.84. The van der Waals surface area contributed by atoms with E-state index in [2.05, 4.69) is 10.1 Å². The van der Waals surface area contributed by atoms with Crippen molar-refractivity contribution in [3.63, 3.8) is 0 Å². The highest BCUT2D eigenvalue weighted by Gasteiger charge is 1.96. The van der Waals surface area contributed by atoms with Gasteiger partial charge in [0, 0.05) is 7.05 Å². The van der Waals surface area contributed by atoms with Crippen molar-refractivity contribution in [2.45, 2.75) is 0 Å². The molecule has 6 nitrogen and oxygen atoms in total. The van der Waals surface area contributed by atoms with Crippen LogP contribution in [-0.4, -0.2) is 14.8 Å². The quantitative estimate of drug-likeness (QED) is 0.440. The average molecular weight is 142 g/mol. The summed E-state index contributed by atoms with van der Waals surface area (Å²) in [6, 6.07) is 0. The normalized spacial score (nSPS) is 9.70. The van der Waals surface area contributed by atoms with E-state index in [4.69, 9.17) is 5.73 Å². The first kappa shape index (κ1) is 6.53. The maximum absolute atomic E-state index is 10.6. The Labute approximate surface area is 55.3 Å². The van der Waals surface area contributed by atoms with Crippen LogP contribution in [0.4, 0.5) is 5.82 Å². The van der Waals surface area contributed by atoms with Crippen molar-refractivity contribution in [3.8, 4) is 0 Å². The lowest BCUT2D eigenvalue weighted by Gasteiger charge is -1.93. The first-order valence-corrected chi connectivity index (χ1v) is 2.54. The summed E-state index contributed by atoms with van der Waals surface area (Å²) in [5.74, 6) is -0.303. The molecule has 3 N–H and O–H groups in total. The first-order chi connectivity index (χ1) is 4.61. The third-order valence-corrected chi connectivity index (χ3v) is 1.00. The summed E-state index contributed by atoms with van der Waals surface area (Å²) >= 11 is 0. The molecule has 0 aliphatic carbocycles. The van der Waals surface area contributed by atoms with Gasteiger partial charge in [-0.2, -0.15) is 4.98 Å². The molecule has 10 heavy (non-hydrogen) atoms. The van der Waals surface area contributed by atoms with Gasteiger partial charge >= 0.3 is 11.2 Å². The van der Waals surface area contributed by atoms with Crippen LogP contribution in [-0.2, 0) is 7.05 Å². The smallest absolute Gasteiger partial charge is 0.364 e. The number of H-pyrrole nitrogens is 1. The fourth-order valence-corrected chi connectivity index (χ4v) is 0.486. The maximum Gasteiger partial charge on any atom is 0.364 e. The zero-order chi connectivity index (χ0) is 7.72. The molecule has 0 radical (unpaired) electrons. The lowest BCUT2D eigenvalue weighted by Crippen LogP contribution is -2.31. The van der Waals surface area contributed by atoms with Gasteiger partial charge in [0.15, 0.2) is 5.82 Å². The van der Waals surface area contributed by atoms with Gasteiger partial charge < -0.3 is 5.73 Å². The third kappa shape index (κ3) is 0.903. The Morgan fingerprint density at radius 3 is 2.70 bits per heavy atom. The molecule has 1 heterocycles. The van der Waals surface area contributed by atoms with E-state index in [9.17, 15) is 9.59 Å². The molecule has 0 bridgehead atoms. The molecule has 6 heteroatoms. The summed E-state index contributed by atoms with van der Waals surface area (Å²) in [4.78, 5) is 24.4. The van der Waals surface area contributed by atoms with Gasteiger partial charge in [-0.25, -0.2) is 9.48 Å². The molecule has 0 atom stereocenters. The Hall–Kier alpha value is -1.59. The summed E-state index contributed by atoms with van der Waals surface area (Å²) in [5, 5.41) is 2.17. The predicted octanol–water partition coefficient (Wildman–Crippen LogP) is -1.95. The van der Waals surface area contributed by atoms with Crippen molar-refractivity contribution in [1.82, 2.24) is 14.8 Å². The van der Waals surface area contributed by atoms with Crippen LogP contribution in [0.1, 0.15) is 0 Å². The second kappa shape index (κ2) is 1.98. The van der Waals surface area contributed by atoms with E-state index in [0.717, 1.165) is 4.68 Å². The number of rotatable bonds is 0. The number of anilines is 1. The number of hydrogen-bond donors (Lipinski definition) is 2. The van der Waals surface area contributed by atoms with Crippen LogP contribution >= 0.6 is 0 Å². The summed E-state index contributed by atoms with van der Waals surface area (Å²) in [7, 11) is 1.39. The van der Waals surface area contributed by atoms with Gasteiger partial charge in [0.1, 0.15) is 0 Å². The van der Waals surface area contributed by atoms with Gasteiger partial charge in [0.05, 0.1) is 0 Å². The Morgan fingerprint density at radius 2 is 2.20 bits per heavy atom. The largest absolute Gasteiger partial charge is 0.379 e. The van der Waals surface area contributed by atoms with E-state index in [1.807, 2.05) is 0 Å². The Bertz CT molecular complexity index is 313. The highest BCUT2D eigenvalue weighted by Crippen LogP contribution is 1.70. The molecule has 1 aromatic heterocycles. The van der Waals surface area contributed by atoms with E-state index in [-0.39, 0.29) is 5.82 Å². The number of nitrogens with one attached hydrogen (secondary N) is 1. The Kier molecular flexibility index (Phi) is 1.29. The fourth-order valence-electron chi connectivity index (χ4n) is 0.486. The van der Waals surface area contributed by atoms with Crippen LogP contribution in [0.5, 0.6) is 0 Å². The van der Waals surface area contributed by atoms with Crippen molar-refractivity contribution < 1.29 is 0 Å². The lowest BCUT2D eigenvalue weighted by atomic mass is 10.7. The van der Waals surface area contributed by atoms with Gasteiger partial charge in [0.25, 0.3) is 0 Å². The van der Waals surface area contributed by atoms with Gasteiger partial charge in [-0.15, -0.1) is 0 Å². The third-order valence-electron chi connectivity index (χ3n) is 1.00. The van der Waals surface area contributed by atoms with Gasteiger partial charge in [0.2, 0.25) is 0 Å². The number of aromatic amines is 1. The van der Waals surface area contributed by atoms with Crippen LogP contribution in [0.15, 0.2) is 9.59 Å². The van der Waals surface area contributed by atoms with Gasteiger partial charge in [-0.05, 0) is 0 Å². The van der Waals surface area contributed by atoms with E-state index >= 15 is 0 Å². The molecule has 0 fully saturated rings. The number of hydrogen-bond acceptors (Lipinski definition) is 4. The van der Waals surface area contributed by atoms with Crippen LogP contribution in [0.3, 0.4) is 0 Å². The van der Waals surface area contributed by atoms with E-state index in [1.165, 1.54) is 7.05 Å². The van der Waals surface area contributed by atoms with Gasteiger partial charge in [-0.1, -0.05) is 0 Å². The number of nitrogens with zero attached hydrogens (tertiary/aromatic N) is 2. The topological polar surface area (TPSA) is 93.8 Å². The molecule has 0 saturated heterocycles. The van der Waals surface area contributed by atoms with Crippen molar-refractivity contribution in [2.75, 3.05) is 5.73 Å². The molecule has 0 aromatic carbocycles. The molecular weight excluding hydrogens is 136 g/mol. The number of aryl methyl sites for hydroxylation is 1. The van der Waals surface area contributed by atoms with Crippen molar-refractivity contribution in [1.29, 1.82) is 0 Å². The molecule has 0 saturated carbocycles. The minimum atomic E-state index is -0.572. The van der Waals surface area contributed by atoms with Crippen LogP contribution in [0.25, 0.3) is 0 Å². The van der Waals surface area contributed by atoms with Crippen LogP contribution < -0.4 is 17.0 Å². The standard InChI is InChI=1S/C4H6N4O2/c1-8-4(10)6-2(5)3(9)7-8/h1H3,(H,7,9)(H2,5,6,10). The molecule has 0 aliphatic rings. The zero-order valence-electron chi connectivity index (χ0n) is 5.29. The lowest BCUT2D eigenvalue weighted by molar-refractivity contribution is 0.662. The van der Waals surface area contributed by atoms with E-state index in [0.29, 0.717) is 0 Å². The highest BCUT2D eigenvalue weighted by atomic mass is 16.2. The summed E-state index contributed by atoms with van der Waals surface area (Å²) in [6.07, 6.45) is 0. The summed E-state index contributed by atoms with van der Waals surface area (Å²) < 4.78 is 0.957. The van der Waals surface area contributed by atoms with Crippen LogP contribution in [0.2, 0.25) is 0 Å². The summed E-state index contributed by atoms with van der Waals surface area (Å²) in [5.41, 5.74) is 3.90.